The Bertz CT molecular complexity index is 401. The van der Waals surface area contributed by atoms with Crippen LogP contribution in [0.3, 0.4) is 0 Å². The van der Waals surface area contributed by atoms with Gasteiger partial charge in [-0.25, -0.2) is 0 Å². The first-order valence-corrected chi connectivity index (χ1v) is 6.28. The second kappa shape index (κ2) is 5.08. The van der Waals surface area contributed by atoms with Crippen LogP contribution < -0.4 is 0 Å². The van der Waals surface area contributed by atoms with Crippen LogP contribution in [0.5, 0.6) is 0 Å². The summed E-state index contributed by atoms with van der Waals surface area (Å²) in [6, 6.07) is 10.0. The Morgan fingerprint density at radius 1 is 1.22 bits per heavy atom. The standard InChI is InChI=1S/C14H16O4/c15-14-7-13-12(18-14)6-11(17-13)9-16-8-10-4-2-1-3-5-10/h1-5,11-13H,6-9H2. The summed E-state index contributed by atoms with van der Waals surface area (Å²) >= 11 is 0. The smallest absolute Gasteiger partial charge is 0.308 e. The van der Waals surface area contributed by atoms with E-state index in [2.05, 4.69) is 0 Å². The van der Waals surface area contributed by atoms with E-state index in [4.69, 9.17) is 14.2 Å². The van der Waals surface area contributed by atoms with Crippen LogP contribution in [0.15, 0.2) is 30.3 Å². The van der Waals surface area contributed by atoms with Gasteiger partial charge in [-0.2, -0.15) is 0 Å². The van der Waals surface area contributed by atoms with Gasteiger partial charge in [0.25, 0.3) is 0 Å². The van der Waals surface area contributed by atoms with Crippen molar-refractivity contribution in [2.24, 2.45) is 0 Å². The number of hydrogen-bond acceptors (Lipinski definition) is 4. The molecule has 1 aromatic rings. The van der Waals surface area contributed by atoms with Crippen molar-refractivity contribution in [3.8, 4) is 0 Å². The zero-order valence-corrected chi connectivity index (χ0v) is 10.1. The van der Waals surface area contributed by atoms with Gasteiger partial charge in [0, 0.05) is 6.42 Å². The Morgan fingerprint density at radius 2 is 2.06 bits per heavy atom. The van der Waals surface area contributed by atoms with E-state index in [0.29, 0.717) is 19.6 Å². The van der Waals surface area contributed by atoms with Crippen LogP contribution in [0.4, 0.5) is 0 Å². The van der Waals surface area contributed by atoms with Crippen molar-refractivity contribution < 1.29 is 19.0 Å². The molecule has 1 aromatic carbocycles. The predicted octanol–water partition coefficient (Wildman–Crippen LogP) is 1.68. The van der Waals surface area contributed by atoms with Crippen molar-refractivity contribution in [1.29, 1.82) is 0 Å². The molecule has 3 atom stereocenters. The van der Waals surface area contributed by atoms with Crippen molar-refractivity contribution in [1.82, 2.24) is 0 Å². The van der Waals surface area contributed by atoms with E-state index in [9.17, 15) is 4.79 Å². The van der Waals surface area contributed by atoms with E-state index >= 15 is 0 Å². The number of carbonyl (C=O) groups is 1. The van der Waals surface area contributed by atoms with E-state index in [1.54, 1.807) is 0 Å². The first-order chi connectivity index (χ1) is 8.81. The maximum absolute atomic E-state index is 11.0. The molecule has 0 radical (unpaired) electrons. The van der Waals surface area contributed by atoms with Gasteiger partial charge in [-0.05, 0) is 5.56 Å². The molecule has 2 fully saturated rings. The van der Waals surface area contributed by atoms with Gasteiger partial charge in [-0.15, -0.1) is 0 Å². The summed E-state index contributed by atoms with van der Waals surface area (Å²) in [4.78, 5) is 11.0. The quantitative estimate of drug-likeness (QED) is 0.760. The van der Waals surface area contributed by atoms with E-state index in [-0.39, 0.29) is 24.3 Å². The lowest BCUT2D eigenvalue weighted by Crippen LogP contribution is -2.17. The summed E-state index contributed by atoms with van der Waals surface area (Å²) in [5.41, 5.74) is 1.15. The molecule has 0 aromatic heterocycles. The van der Waals surface area contributed by atoms with Crippen LogP contribution in [0.25, 0.3) is 0 Å². The lowest BCUT2D eigenvalue weighted by atomic mass is 10.1. The molecule has 0 bridgehead atoms. The molecule has 0 amide bonds. The summed E-state index contributed by atoms with van der Waals surface area (Å²) < 4.78 is 16.5. The van der Waals surface area contributed by atoms with Crippen LogP contribution in [0.2, 0.25) is 0 Å². The maximum Gasteiger partial charge on any atom is 0.308 e. The first-order valence-electron chi connectivity index (χ1n) is 6.28. The summed E-state index contributed by atoms with van der Waals surface area (Å²) in [5, 5.41) is 0. The number of rotatable bonds is 4. The molecule has 2 heterocycles. The number of benzene rings is 1. The topological polar surface area (TPSA) is 44.8 Å². The molecule has 3 rings (SSSR count). The highest BCUT2D eigenvalue weighted by molar-refractivity contribution is 5.72. The third-order valence-electron chi connectivity index (χ3n) is 3.34. The van der Waals surface area contributed by atoms with E-state index in [1.807, 2.05) is 30.3 Å². The van der Waals surface area contributed by atoms with Gasteiger partial charge < -0.3 is 14.2 Å². The summed E-state index contributed by atoms with van der Waals surface area (Å²) in [6.45, 7) is 1.15. The van der Waals surface area contributed by atoms with E-state index in [0.717, 1.165) is 12.0 Å². The Balaban J connectivity index is 1.42. The molecular weight excluding hydrogens is 232 g/mol. The molecule has 0 spiro atoms. The van der Waals surface area contributed by atoms with Crippen LogP contribution in [-0.2, 0) is 25.6 Å². The monoisotopic (exact) mass is 248 g/mol. The number of ether oxygens (including phenoxy) is 3. The molecule has 18 heavy (non-hydrogen) atoms. The van der Waals surface area contributed by atoms with E-state index in [1.165, 1.54) is 0 Å². The molecule has 0 aliphatic carbocycles. The molecule has 0 saturated carbocycles. The van der Waals surface area contributed by atoms with Crippen LogP contribution >= 0.6 is 0 Å². The third kappa shape index (κ3) is 2.54. The fourth-order valence-electron chi connectivity index (χ4n) is 2.48. The highest BCUT2D eigenvalue weighted by Crippen LogP contribution is 2.31. The van der Waals surface area contributed by atoms with Crippen molar-refractivity contribution in [2.45, 2.75) is 37.8 Å². The molecular formula is C14H16O4. The molecule has 3 unspecified atom stereocenters. The molecule has 96 valence electrons. The average molecular weight is 248 g/mol. The lowest BCUT2D eigenvalue weighted by molar-refractivity contribution is -0.141. The Kier molecular flexibility index (Phi) is 3.30. The number of carbonyl (C=O) groups excluding carboxylic acids is 1. The Labute approximate surface area is 106 Å². The van der Waals surface area contributed by atoms with Crippen LogP contribution in [0, 0.1) is 0 Å². The minimum absolute atomic E-state index is 0.0526. The predicted molar refractivity (Wildman–Crippen MR) is 63.9 cm³/mol. The van der Waals surface area contributed by atoms with Gasteiger partial charge >= 0.3 is 5.97 Å². The largest absolute Gasteiger partial charge is 0.459 e. The summed E-state index contributed by atoms with van der Waals surface area (Å²) in [5.74, 6) is -0.145. The van der Waals surface area contributed by atoms with Crippen molar-refractivity contribution in [3.05, 3.63) is 35.9 Å². The normalized spacial score (nSPS) is 30.2. The molecule has 4 nitrogen and oxygen atoms in total. The van der Waals surface area contributed by atoms with Crippen molar-refractivity contribution >= 4 is 5.97 Å². The number of fused-ring (bicyclic) bond motifs is 1. The van der Waals surface area contributed by atoms with Gasteiger partial charge in [0.05, 0.1) is 25.7 Å². The zero-order valence-electron chi connectivity index (χ0n) is 10.1. The Morgan fingerprint density at radius 3 is 2.83 bits per heavy atom. The minimum Gasteiger partial charge on any atom is -0.459 e. The molecule has 0 N–H and O–H groups in total. The molecule has 2 saturated heterocycles. The zero-order chi connectivity index (χ0) is 12.4. The average Bonchev–Trinajstić information content (AvgIpc) is 2.87. The number of hydrogen-bond donors (Lipinski definition) is 0. The highest BCUT2D eigenvalue weighted by Gasteiger charge is 2.44. The minimum atomic E-state index is -0.145. The molecule has 4 heteroatoms. The fraction of sp³-hybridized carbons (Fsp3) is 0.500. The van der Waals surface area contributed by atoms with Gasteiger partial charge in [0.15, 0.2) is 0 Å². The maximum atomic E-state index is 11.0. The SMILES string of the molecule is O=C1CC2OC(COCc3ccccc3)CC2O1. The highest BCUT2D eigenvalue weighted by atomic mass is 16.6. The Hall–Kier alpha value is -1.39. The van der Waals surface area contributed by atoms with Crippen molar-refractivity contribution in [2.75, 3.05) is 6.61 Å². The van der Waals surface area contributed by atoms with Crippen LogP contribution in [0.1, 0.15) is 18.4 Å². The van der Waals surface area contributed by atoms with Crippen molar-refractivity contribution in [3.63, 3.8) is 0 Å². The van der Waals surface area contributed by atoms with Gasteiger partial charge in [0.2, 0.25) is 0 Å². The van der Waals surface area contributed by atoms with Gasteiger partial charge in [-0.1, -0.05) is 30.3 Å². The third-order valence-corrected chi connectivity index (χ3v) is 3.34. The number of esters is 1. The molecule has 2 aliphatic rings. The fourth-order valence-corrected chi connectivity index (χ4v) is 2.48. The van der Waals surface area contributed by atoms with Gasteiger partial charge in [-0.3, -0.25) is 4.79 Å². The second-order valence-corrected chi connectivity index (χ2v) is 4.77. The van der Waals surface area contributed by atoms with Gasteiger partial charge in [0.1, 0.15) is 12.2 Å². The summed E-state index contributed by atoms with van der Waals surface area (Å²) in [6.07, 6.45) is 1.09. The van der Waals surface area contributed by atoms with Crippen LogP contribution in [-0.4, -0.2) is 30.9 Å². The van der Waals surface area contributed by atoms with E-state index < -0.39 is 0 Å². The molecule has 2 aliphatic heterocycles. The summed E-state index contributed by atoms with van der Waals surface area (Å²) in [7, 11) is 0. The first kappa shape index (κ1) is 11.7. The lowest BCUT2D eigenvalue weighted by Gasteiger charge is -2.11. The second-order valence-electron chi connectivity index (χ2n) is 4.77.